The van der Waals surface area contributed by atoms with Crippen molar-refractivity contribution in [3.63, 3.8) is 0 Å². The minimum atomic E-state index is -4.03. The fourth-order valence-electron chi connectivity index (χ4n) is 3.45. The Hall–Kier alpha value is -2.36. The van der Waals surface area contributed by atoms with E-state index in [1.165, 1.54) is 23.0 Å². The zero-order valence-corrected chi connectivity index (χ0v) is 16.5. The molecule has 3 aromatic rings. The van der Waals surface area contributed by atoms with E-state index in [9.17, 15) is 21.6 Å². The molecule has 10 heteroatoms. The largest absolute Gasteiger partial charge is 0.246 e. The maximum atomic E-state index is 14.2. The van der Waals surface area contributed by atoms with E-state index in [0.29, 0.717) is 18.5 Å². The molecule has 2 aromatic carbocycles. The maximum Gasteiger partial charge on any atom is 0.246 e. The molecule has 152 valence electrons. The lowest BCUT2D eigenvalue weighted by Gasteiger charge is -2.24. The molecule has 1 aromatic heterocycles. The zero-order chi connectivity index (χ0) is 20.8. The van der Waals surface area contributed by atoms with Crippen LogP contribution in [-0.4, -0.2) is 29.0 Å². The molecule has 0 saturated carbocycles. The van der Waals surface area contributed by atoms with Gasteiger partial charge in [-0.05, 0) is 43.2 Å². The highest BCUT2D eigenvalue weighted by Crippen LogP contribution is 2.38. The molecule has 0 amide bonds. The summed E-state index contributed by atoms with van der Waals surface area (Å²) in [6, 6.07) is 6.15. The lowest BCUT2D eigenvalue weighted by atomic mass is 10.0. The minimum absolute atomic E-state index is 0.00163. The summed E-state index contributed by atoms with van der Waals surface area (Å²) in [5.74, 6) is -1.96. The Bertz CT molecular complexity index is 1180. The number of aromatic nitrogens is 2. The van der Waals surface area contributed by atoms with Gasteiger partial charge >= 0.3 is 0 Å². The highest BCUT2D eigenvalue weighted by Gasteiger charge is 2.38. The average Bonchev–Trinajstić information content (AvgIpc) is 3.36. The van der Waals surface area contributed by atoms with Gasteiger partial charge in [-0.3, -0.25) is 0 Å². The Balaban J connectivity index is 1.68. The van der Waals surface area contributed by atoms with Crippen molar-refractivity contribution in [1.82, 2.24) is 14.1 Å². The zero-order valence-electron chi connectivity index (χ0n) is 14.9. The summed E-state index contributed by atoms with van der Waals surface area (Å²) in [4.78, 5) is -0.128. The van der Waals surface area contributed by atoms with Crippen LogP contribution >= 0.6 is 11.6 Å². The molecule has 1 saturated heterocycles. The normalized spacial score (nSPS) is 17.7. The third-order valence-electron chi connectivity index (χ3n) is 4.85. The Morgan fingerprint density at radius 2 is 1.86 bits per heavy atom. The Morgan fingerprint density at radius 3 is 2.62 bits per heavy atom. The third kappa shape index (κ3) is 3.65. The smallest absolute Gasteiger partial charge is 0.239 e. The predicted octanol–water partition coefficient (Wildman–Crippen LogP) is 4.47. The van der Waals surface area contributed by atoms with E-state index < -0.39 is 33.5 Å². The summed E-state index contributed by atoms with van der Waals surface area (Å²) >= 11 is 5.67. The number of nitrogens with zero attached hydrogens (tertiary/aromatic N) is 3. The van der Waals surface area contributed by atoms with Crippen molar-refractivity contribution in [3.8, 4) is 5.69 Å². The molecule has 1 aliphatic heterocycles. The molecule has 0 radical (unpaired) electrons. The van der Waals surface area contributed by atoms with E-state index in [-0.39, 0.29) is 22.0 Å². The van der Waals surface area contributed by atoms with Gasteiger partial charge < -0.3 is 0 Å². The van der Waals surface area contributed by atoms with Crippen LogP contribution < -0.4 is 0 Å². The molecule has 1 fully saturated rings. The first kappa shape index (κ1) is 19.9. The minimum Gasteiger partial charge on any atom is -0.239 e. The molecule has 0 N–H and O–H groups in total. The van der Waals surface area contributed by atoms with Crippen molar-refractivity contribution in [2.75, 3.05) is 6.54 Å². The molecular weight excluding hydrogens is 427 g/mol. The Morgan fingerprint density at radius 1 is 1.07 bits per heavy atom. The summed E-state index contributed by atoms with van der Waals surface area (Å²) in [7, 11) is -4.03. The quantitative estimate of drug-likeness (QED) is 0.600. The van der Waals surface area contributed by atoms with Crippen LogP contribution in [0.15, 0.2) is 53.7 Å². The van der Waals surface area contributed by atoms with E-state index in [0.717, 1.165) is 34.8 Å². The second kappa shape index (κ2) is 7.47. The molecule has 29 heavy (non-hydrogen) atoms. The number of hydrogen-bond acceptors (Lipinski definition) is 3. The van der Waals surface area contributed by atoms with Gasteiger partial charge in [-0.1, -0.05) is 11.6 Å². The number of benzene rings is 2. The summed E-state index contributed by atoms with van der Waals surface area (Å²) in [6.07, 6.45) is 3.26. The third-order valence-corrected chi connectivity index (χ3v) is 7.02. The molecule has 0 bridgehead atoms. The van der Waals surface area contributed by atoms with E-state index in [2.05, 4.69) is 5.10 Å². The van der Waals surface area contributed by atoms with Crippen molar-refractivity contribution in [3.05, 3.63) is 76.8 Å². The van der Waals surface area contributed by atoms with Crippen molar-refractivity contribution < 1.29 is 21.6 Å². The lowest BCUT2D eigenvalue weighted by Crippen LogP contribution is -2.31. The summed E-state index contributed by atoms with van der Waals surface area (Å²) < 4.78 is 70.2. The van der Waals surface area contributed by atoms with Crippen LogP contribution in [-0.2, 0) is 10.0 Å². The SMILES string of the molecule is O=S(=O)(c1cnn(-c2ccc(Cl)c(F)c2)c1)N1CCCC1c1cc(F)ccc1F. The van der Waals surface area contributed by atoms with Gasteiger partial charge in [-0.15, -0.1) is 0 Å². The van der Waals surface area contributed by atoms with Crippen molar-refractivity contribution in [2.24, 2.45) is 0 Å². The highest BCUT2D eigenvalue weighted by molar-refractivity contribution is 7.89. The van der Waals surface area contributed by atoms with Crippen LogP contribution in [0.2, 0.25) is 5.02 Å². The molecule has 0 spiro atoms. The summed E-state index contributed by atoms with van der Waals surface area (Å²) in [5, 5.41) is 3.93. The molecular formula is C19H15ClF3N3O2S. The Kier molecular flexibility index (Phi) is 5.14. The molecule has 5 nitrogen and oxygen atoms in total. The van der Waals surface area contributed by atoms with Gasteiger partial charge in [0.2, 0.25) is 10.0 Å². The van der Waals surface area contributed by atoms with Crippen LogP contribution in [0.5, 0.6) is 0 Å². The van der Waals surface area contributed by atoms with E-state index in [1.54, 1.807) is 0 Å². The first-order valence-corrected chi connectivity index (χ1v) is 10.6. The van der Waals surface area contributed by atoms with Crippen molar-refractivity contribution in [1.29, 1.82) is 0 Å². The summed E-state index contributed by atoms with van der Waals surface area (Å²) in [6.45, 7) is 0.170. The molecule has 1 atom stereocenters. The van der Waals surface area contributed by atoms with Gasteiger partial charge in [0.25, 0.3) is 0 Å². The monoisotopic (exact) mass is 441 g/mol. The molecule has 2 heterocycles. The predicted molar refractivity (Wildman–Crippen MR) is 101 cm³/mol. The average molecular weight is 442 g/mol. The first-order valence-electron chi connectivity index (χ1n) is 8.74. The standard InChI is InChI=1S/C19H15ClF3N3O2S/c20-16-5-4-13(9-18(16)23)25-11-14(10-24-25)29(27,28)26-7-1-2-19(26)15-8-12(21)3-6-17(15)22/h3-6,8-11,19H,1-2,7H2. The molecule has 4 rings (SSSR count). The van der Waals surface area contributed by atoms with E-state index >= 15 is 0 Å². The fourth-order valence-corrected chi connectivity index (χ4v) is 5.18. The molecule has 0 aliphatic carbocycles. The fraction of sp³-hybridized carbons (Fsp3) is 0.211. The van der Waals surface area contributed by atoms with Gasteiger partial charge in [0, 0.05) is 18.2 Å². The highest BCUT2D eigenvalue weighted by atomic mass is 35.5. The lowest BCUT2D eigenvalue weighted by molar-refractivity contribution is 0.384. The number of sulfonamides is 1. The second-order valence-corrected chi connectivity index (χ2v) is 8.96. The van der Waals surface area contributed by atoms with Gasteiger partial charge in [-0.25, -0.2) is 26.3 Å². The van der Waals surface area contributed by atoms with Crippen LogP contribution in [0.4, 0.5) is 13.2 Å². The van der Waals surface area contributed by atoms with Crippen LogP contribution in [0.25, 0.3) is 5.69 Å². The second-order valence-electron chi connectivity index (χ2n) is 6.66. The van der Waals surface area contributed by atoms with E-state index in [1.807, 2.05) is 0 Å². The Labute approximate surface area is 170 Å². The number of hydrogen-bond donors (Lipinski definition) is 0. The van der Waals surface area contributed by atoms with Gasteiger partial charge in [0.1, 0.15) is 22.3 Å². The van der Waals surface area contributed by atoms with Crippen molar-refractivity contribution >= 4 is 21.6 Å². The topological polar surface area (TPSA) is 55.2 Å². The van der Waals surface area contributed by atoms with Gasteiger partial charge in [-0.2, -0.15) is 9.40 Å². The van der Waals surface area contributed by atoms with Crippen LogP contribution in [0.1, 0.15) is 24.4 Å². The maximum absolute atomic E-state index is 14.2. The van der Waals surface area contributed by atoms with Crippen LogP contribution in [0, 0.1) is 17.5 Å². The summed E-state index contributed by atoms with van der Waals surface area (Å²) in [5.41, 5.74) is 0.292. The molecule has 1 unspecified atom stereocenters. The van der Waals surface area contributed by atoms with Gasteiger partial charge in [0.05, 0.1) is 29.1 Å². The van der Waals surface area contributed by atoms with E-state index in [4.69, 9.17) is 11.6 Å². The van der Waals surface area contributed by atoms with Crippen LogP contribution in [0.3, 0.4) is 0 Å². The number of rotatable bonds is 4. The van der Waals surface area contributed by atoms with Gasteiger partial charge in [0.15, 0.2) is 0 Å². The molecule has 1 aliphatic rings. The van der Waals surface area contributed by atoms with Crippen molar-refractivity contribution in [2.45, 2.75) is 23.8 Å². The first-order chi connectivity index (χ1) is 13.8. The number of halogens is 4.